The molecule has 0 aliphatic carbocycles. The molecule has 0 amide bonds. The van der Waals surface area contributed by atoms with Gasteiger partial charge in [0.2, 0.25) is 0 Å². The predicted molar refractivity (Wildman–Crippen MR) is 81.3 cm³/mol. The summed E-state index contributed by atoms with van der Waals surface area (Å²) in [5.41, 5.74) is 1.48. The molecule has 0 bridgehead atoms. The standard InChI is InChI=1S/C16H16FN4O.Y/c1-9-5-6-12(17)10(7-9)14-19-18-13-8-11(16(2,3)4)15(22)20-21(13)14;/h5-6,8H,1-4H3,(H,20,22);/q-1;+3. The molecule has 0 saturated heterocycles. The van der Waals surface area contributed by atoms with Gasteiger partial charge in [0.15, 0.2) is 5.65 Å². The Hall–Kier alpha value is -1.40. The van der Waals surface area contributed by atoms with Gasteiger partial charge in [-0.2, -0.15) is 5.10 Å². The summed E-state index contributed by atoms with van der Waals surface area (Å²) in [5.74, 6) is -0.227. The van der Waals surface area contributed by atoms with Crippen LogP contribution in [0.2, 0.25) is 0 Å². The summed E-state index contributed by atoms with van der Waals surface area (Å²) in [7, 11) is 0. The van der Waals surface area contributed by atoms with Crippen molar-refractivity contribution in [1.82, 2.24) is 19.8 Å². The molecule has 1 aromatic carbocycles. The number of H-pyrrole nitrogens is 1. The minimum Gasteiger partial charge on any atom is -0.268 e. The first-order valence-electron chi connectivity index (χ1n) is 6.95. The van der Waals surface area contributed by atoms with E-state index in [4.69, 9.17) is 0 Å². The monoisotopic (exact) mass is 388 g/mol. The summed E-state index contributed by atoms with van der Waals surface area (Å²) in [6.07, 6.45) is 0. The fraction of sp³-hybridized carbons (Fsp3) is 0.312. The zero-order chi connectivity index (χ0) is 16.1. The van der Waals surface area contributed by atoms with Crippen molar-refractivity contribution in [2.75, 3.05) is 0 Å². The number of nitrogens with zero attached hydrogens (tertiary/aromatic N) is 3. The van der Waals surface area contributed by atoms with E-state index >= 15 is 0 Å². The molecule has 0 aliphatic heterocycles. The number of aromatic nitrogens is 4. The van der Waals surface area contributed by atoms with Crippen LogP contribution in [-0.2, 0) is 38.1 Å². The van der Waals surface area contributed by atoms with E-state index in [1.54, 1.807) is 12.1 Å². The van der Waals surface area contributed by atoms with E-state index in [1.165, 1.54) is 10.6 Å². The molecule has 7 heteroatoms. The van der Waals surface area contributed by atoms with Gasteiger partial charge in [-0.25, -0.2) is 0 Å². The molecular weight excluding hydrogens is 372 g/mol. The largest absolute Gasteiger partial charge is 3.00 e. The topological polar surface area (TPSA) is 63.0 Å². The fourth-order valence-corrected chi connectivity index (χ4v) is 2.32. The molecule has 3 rings (SSSR count). The average molecular weight is 388 g/mol. The van der Waals surface area contributed by atoms with E-state index in [9.17, 15) is 9.18 Å². The van der Waals surface area contributed by atoms with Crippen molar-refractivity contribution in [1.29, 1.82) is 0 Å². The average Bonchev–Trinajstić information content (AvgIpc) is 2.82. The van der Waals surface area contributed by atoms with Crippen LogP contribution in [0.25, 0.3) is 17.0 Å². The Kier molecular flexibility index (Phi) is 4.88. The smallest absolute Gasteiger partial charge is 0.268 e. The number of fused-ring (bicyclic) bond motifs is 1. The summed E-state index contributed by atoms with van der Waals surface area (Å²) in [6, 6.07) is 7.58. The van der Waals surface area contributed by atoms with Gasteiger partial charge in [0.05, 0.1) is 0 Å². The van der Waals surface area contributed by atoms with Crippen LogP contribution in [0.5, 0.6) is 0 Å². The maximum absolute atomic E-state index is 14.0. The van der Waals surface area contributed by atoms with Gasteiger partial charge in [-0.3, -0.25) is 18.8 Å². The Morgan fingerprint density at radius 2 is 1.96 bits per heavy atom. The zero-order valence-electron chi connectivity index (χ0n) is 13.4. The number of hydrogen-bond acceptors (Lipinski definition) is 3. The van der Waals surface area contributed by atoms with E-state index in [1.807, 2.05) is 27.7 Å². The van der Waals surface area contributed by atoms with Crippen LogP contribution < -0.4 is 5.56 Å². The number of aromatic amines is 1. The third-order valence-electron chi connectivity index (χ3n) is 3.49. The second-order valence-electron chi connectivity index (χ2n) is 6.33. The summed E-state index contributed by atoms with van der Waals surface area (Å²) in [5, 5.41) is 10.7. The van der Waals surface area contributed by atoms with Crippen molar-refractivity contribution in [3.8, 4) is 11.4 Å². The van der Waals surface area contributed by atoms with Crippen LogP contribution >= 0.6 is 0 Å². The van der Waals surface area contributed by atoms with Crippen molar-refractivity contribution in [2.24, 2.45) is 0 Å². The van der Waals surface area contributed by atoms with Gasteiger partial charge in [-0.05, 0) is 11.5 Å². The van der Waals surface area contributed by atoms with Crippen molar-refractivity contribution in [3.63, 3.8) is 0 Å². The number of hydrogen-bond donors (Lipinski definition) is 1. The molecule has 0 atom stereocenters. The summed E-state index contributed by atoms with van der Waals surface area (Å²) in [4.78, 5) is 12.3. The Balaban J connectivity index is 0.00000192. The molecule has 0 fully saturated rings. The number of aryl methyl sites for hydroxylation is 1. The summed E-state index contributed by atoms with van der Waals surface area (Å²) in [6.45, 7) is 7.64. The Labute approximate surface area is 158 Å². The van der Waals surface area contributed by atoms with E-state index in [-0.39, 0.29) is 55.1 Å². The number of halogens is 1. The maximum atomic E-state index is 14.0. The van der Waals surface area contributed by atoms with Crippen molar-refractivity contribution >= 4 is 5.65 Å². The molecule has 0 spiro atoms. The van der Waals surface area contributed by atoms with Crippen LogP contribution in [0.3, 0.4) is 0 Å². The van der Waals surface area contributed by atoms with Crippen molar-refractivity contribution in [3.05, 3.63) is 51.6 Å². The van der Waals surface area contributed by atoms with Gasteiger partial charge < -0.3 is 0 Å². The zero-order valence-corrected chi connectivity index (χ0v) is 16.3. The molecule has 5 nitrogen and oxygen atoms in total. The number of nitrogens with one attached hydrogen (secondary N) is 1. The first-order chi connectivity index (χ1) is 10.3. The Morgan fingerprint density at radius 1 is 1.26 bits per heavy atom. The maximum Gasteiger partial charge on any atom is 3.00 e. The van der Waals surface area contributed by atoms with E-state index in [0.29, 0.717) is 11.2 Å². The minimum absolute atomic E-state index is 0. The van der Waals surface area contributed by atoms with Gasteiger partial charge in [0, 0.05) is 11.4 Å². The molecule has 23 heavy (non-hydrogen) atoms. The van der Waals surface area contributed by atoms with Crippen molar-refractivity contribution in [2.45, 2.75) is 33.1 Å². The van der Waals surface area contributed by atoms with Crippen LogP contribution in [0.15, 0.2) is 23.0 Å². The molecule has 0 aliphatic rings. The second kappa shape index (κ2) is 6.25. The van der Waals surface area contributed by atoms with E-state index < -0.39 is 5.82 Å². The molecule has 2 heterocycles. The van der Waals surface area contributed by atoms with Crippen LogP contribution in [0.4, 0.5) is 4.39 Å². The normalized spacial score (nSPS) is 11.5. The molecule has 1 N–H and O–H groups in total. The fourth-order valence-electron chi connectivity index (χ4n) is 2.32. The Morgan fingerprint density at radius 3 is 2.61 bits per heavy atom. The third kappa shape index (κ3) is 3.28. The molecule has 3 aromatic rings. The summed E-state index contributed by atoms with van der Waals surface area (Å²) >= 11 is 0. The molecule has 0 saturated carbocycles. The van der Waals surface area contributed by atoms with Crippen LogP contribution in [0, 0.1) is 18.8 Å². The second-order valence-corrected chi connectivity index (χ2v) is 6.33. The number of benzene rings is 1. The molecule has 114 valence electrons. The Bertz CT molecular complexity index is 924. The minimum atomic E-state index is -0.458. The molecule has 0 radical (unpaired) electrons. The van der Waals surface area contributed by atoms with Gasteiger partial charge in [0.1, 0.15) is 5.82 Å². The molecular formula is C16H16FN4OY+2. The van der Waals surface area contributed by atoms with Crippen molar-refractivity contribution < 1.29 is 37.1 Å². The quantitative estimate of drug-likeness (QED) is 0.652. The SMILES string of the molecule is Cc1[c-]c(-c2nnc3cc(C(C)(C)C)c(=O)[nH]n23)c(F)cc1.[Y+3]. The third-order valence-corrected chi connectivity index (χ3v) is 3.49. The van der Waals surface area contributed by atoms with Gasteiger partial charge in [-0.1, -0.05) is 33.3 Å². The van der Waals surface area contributed by atoms with E-state index in [0.717, 1.165) is 5.56 Å². The molecule has 2 aromatic heterocycles. The predicted octanol–water partition coefficient (Wildman–Crippen LogP) is 2.63. The first-order valence-corrected chi connectivity index (χ1v) is 6.95. The van der Waals surface area contributed by atoms with Gasteiger partial charge >= 0.3 is 32.7 Å². The van der Waals surface area contributed by atoms with Gasteiger partial charge in [0.25, 0.3) is 5.56 Å². The summed E-state index contributed by atoms with van der Waals surface area (Å²) < 4.78 is 15.4. The van der Waals surface area contributed by atoms with Gasteiger partial charge in [-0.15, -0.1) is 28.9 Å². The first kappa shape index (κ1) is 17.9. The van der Waals surface area contributed by atoms with Crippen LogP contribution in [0.1, 0.15) is 31.9 Å². The van der Waals surface area contributed by atoms with E-state index in [2.05, 4.69) is 21.4 Å². The number of rotatable bonds is 1. The van der Waals surface area contributed by atoms with Crippen LogP contribution in [-0.4, -0.2) is 19.8 Å². The molecule has 0 unspecified atom stereocenters.